The first-order valence-corrected chi connectivity index (χ1v) is 9.40. The summed E-state index contributed by atoms with van der Waals surface area (Å²) < 4.78 is 10.5. The fourth-order valence-electron chi connectivity index (χ4n) is 3.05. The van der Waals surface area contributed by atoms with Crippen LogP contribution in [0, 0.1) is 6.92 Å². The van der Waals surface area contributed by atoms with Crippen LogP contribution in [0.3, 0.4) is 0 Å². The van der Waals surface area contributed by atoms with Crippen molar-refractivity contribution < 1.29 is 14.3 Å². The second kappa shape index (κ2) is 9.10. The maximum atomic E-state index is 12.5. The molecular formula is C23H25N3O3. The number of nitrogens with one attached hydrogen (secondary N) is 2. The number of amides is 1. The van der Waals surface area contributed by atoms with E-state index in [9.17, 15) is 4.79 Å². The summed E-state index contributed by atoms with van der Waals surface area (Å²) in [5.41, 5.74) is 4.55. The Balaban J connectivity index is 1.72. The van der Waals surface area contributed by atoms with Crippen LogP contribution in [-0.4, -0.2) is 25.1 Å². The topological polar surface area (TPSA) is 72.5 Å². The molecule has 0 aliphatic carbocycles. The van der Waals surface area contributed by atoms with Crippen molar-refractivity contribution in [2.75, 3.05) is 24.9 Å². The Hall–Kier alpha value is -3.54. The number of aromatic nitrogens is 1. The average molecular weight is 391 g/mol. The van der Waals surface area contributed by atoms with Crippen LogP contribution in [0.1, 0.15) is 28.4 Å². The van der Waals surface area contributed by atoms with Crippen molar-refractivity contribution in [3.63, 3.8) is 0 Å². The zero-order valence-corrected chi connectivity index (χ0v) is 17.1. The van der Waals surface area contributed by atoms with Crippen LogP contribution in [0.2, 0.25) is 0 Å². The van der Waals surface area contributed by atoms with E-state index in [4.69, 9.17) is 9.47 Å². The number of nitrogens with zero attached hydrogens (tertiary/aromatic N) is 1. The number of carbonyl (C=O) groups excluding carboxylic acids is 1. The molecule has 6 heteroatoms. The van der Waals surface area contributed by atoms with Crippen LogP contribution in [0.25, 0.3) is 0 Å². The number of carbonyl (C=O) groups is 1. The smallest absolute Gasteiger partial charge is 0.255 e. The van der Waals surface area contributed by atoms with Crippen LogP contribution in [0.4, 0.5) is 17.2 Å². The van der Waals surface area contributed by atoms with Crippen molar-refractivity contribution in [1.29, 1.82) is 0 Å². The van der Waals surface area contributed by atoms with Gasteiger partial charge in [-0.2, -0.15) is 0 Å². The van der Waals surface area contributed by atoms with Gasteiger partial charge in [-0.25, -0.2) is 4.98 Å². The van der Waals surface area contributed by atoms with E-state index in [0.29, 0.717) is 22.7 Å². The predicted molar refractivity (Wildman–Crippen MR) is 116 cm³/mol. The number of benzene rings is 2. The third kappa shape index (κ3) is 4.66. The van der Waals surface area contributed by atoms with Gasteiger partial charge in [-0.1, -0.05) is 25.1 Å². The van der Waals surface area contributed by atoms with Gasteiger partial charge in [-0.05, 0) is 54.8 Å². The molecule has 2 N–H and O–H groups in total. The Kier molecular flexibility index (Phi) is 6.34. The number of para-hydroxylation sites is 1. The number of pyridine rings is 1. The summed E-state index contributed by atoms with van der Waals surface area (Å²) in [6.07, 6.45) is 2.56. The van der Waals surface area contributed by atoms with Crippen molar-refractivity contribution in [1.82, 2.24) is 4.98 Å². The molecule has 0 saturated carbocycles. The van der Waals surface area contributed by atoms with Gasteiger partial charge in [0, 0.05) is 11.3 Å². The highest BCUT2D eigenvalue weighted by Gasteiger charge is 2.11. The monoisotopic (exact) mass is 391 g/mol. The molecule has 1 heterocycles. The number of anilines is 3. The van der Waals surface area contributed by atoms with Crippen LogP contribution < -0.4 is 20.1 Å². The molecule has 0 bridgehead atoms. The maximum absolute atomic E-state index is 12.5. The molecule has 0 radical (unpaired) electrons. The molecule has 3 aromatic rings. The minimum Gasteiger partial charge on any atom is -0.493 e. The van der Waals surface area contributed by atoms with E-state index in [1.807, 2.05) is 12.1 Å². The highest BCUT2D eigenvalue weighted by atomic mass is 16.5. The van der Waals surface area contributed by atoms with Crippen LogP contribution >= 0.6 is 0 Å². The van der Waals surface area contributed by atoms with E-state index < -0.39 is 0 Å². The molecule has 29 heavy (non-hydrogen) atoms. The van der Waals surface area contributed by atoms with E-state index in [1.165, 1.54) is 12.7 Å². The standard InChI is InChI=1S/C23H25N3O3/c1-5-16-8-6-7-15(2)22(16)26-21-12-10-18(14-24-21)25-23(27)17-9-11-19(28-3)20(13-17)29-4/h6-14H,5H2,1-4H3,(H,24,26)(H,25,27). The van der Waals surface area contributed by atoms with Gasteiger partial charge in [0.25, 0.3) is 5.91 Å². The van der Waals surface area contributed by atoms with Gasteiger partial charge in [-0.3, -0.25) is 4.79 Å². The van der Waals surface area contributed by atoms with Gasteiger partial charge in [-0.15, -0.1) is 0 Å². The van der Waals surface area contributed by atoms with Crippen LogP contribution in [0.15, 0.2) is 54.7 Å². The lowest BCUT2D eigenvalue weighted by Crippen LogP contribution is -2.12. The zero-order valence-electron chi connectivity index (χ0n) is 17.1. The van der Waals surface area contributed by atoms with Gasteiger partial charge in [0.15, 0.2) is 11.5 Å². The zero-order chi connectivity index (χ0) is 20.8. The third-order valence-corrected chi connectivity index (χ3v) is 4.66. The molecule has 2 aromatic carbocycles. The Morgan fingerprint density at radius 2 is 1.83 bits per heavy atom. The molecule has 3 rings (SSSR count). The highest BCUT2D eigenvalue weighted by molar-refractivity contribution is 6.04. The molecule has 1 aromatic heterocycles. The lowest BCUT2D eigenvalue weighted by Gasteiger charge is -2.14. The molecule has 6 nitrogen and oxygen atoms in total. The summed E-state index contributed by atoms with van der Waals surface area (Å²) in [4.78, 5) is 17.0. The summed E-state index contributed by atoms with van der Waals surface area (Å²) in [5.74, 6) is 1.55. The number of rotatable bonds is 7. The first kappa shape index (κ1) is 20.2. The number of aryl methyl sites for hydroxylation is 2. The van der Waals surface area contributed by atoms with Crippen molar-refractivity contribution in [2.45, 2.75) is 20.3 Å². The maximum Gasteiger partial charge on any atom is 0.255 e. The molecule has 150 valence electrons. The fraction of sp³-hybridized carbons (Fsp3) is 0.217. The molecule has 0 unspecified atom stereocenters. The summed E-state index contributed by atoms with van der Waals surface area (Å²) in [5, 5.41) is 6.22. The first-order valence-electron chi connectivity index (χ1n) is 9.40. The van der Waals surface area contributed by atoms with E-state index >= 15 is 0 Å². The molecule has 0 aliphatic heterocycles. The second-order valence-electron chi connectivity index (χ2n) is 6.54. The summed E-state index contributed by atoms with van der Waals surface area (Å²) in [6.45, 7) is 4.19. The number of ether oxygens (including phenoxy) is 2. The first-order chi connectivity index (χ1) is 14.0. The Morgan fingerprint density at radius 3 is 2.48 bits per heavy atom. The summed E-state index contributed by atoms with van der Waals surface area (Å²) >= 11 is 0. The minimum atomic E-state index is -0.249. The van der Waals surface area contributed by atoms with Crippen molar-refractivity contribution in [2.24, 2.45) is 0 Å². The SMILES string of the molecule is CCc1cccc(C)c1Nc1ccc(NC(=O)c2ccc(OC)c(OC)c2)cn1. The summed E-state index contributed by atoms with van der Waals surface area (Å²) in [6, 6.07) is 14.9. The highest BCUT2D eigenvalue weighted by Crippen LogP contribution is 2.28. The van der Waals surface area contributed by atoms with E-state index in [1.54, 1.807) is 31.5 Å². The minimum absolute atomic E-state index is 0.249. The van der Waals surface area contributed by atoms with Crippen molar-refractivity contribution in [3.8, 4) is 11.5 Å². The van der Waals surface area contributed by atoms with Gasteiger partial charge < -0.3 is 20.1 Å². The molecule has 0 atom stereocenters. The molecule has 0 aliphatic rings. The van der Waals surface area contributed by atoms with Gasteiger partial charge in [0.2, 0.25) is 0 Å². The molecule has 0 saturated heterocycles. The normalized spacial score (nSPS) is 10.3. The second-order valence-corrected chi connectivity index (χ2v) is 6.54. The quantitative estimate of drug-likeness (QED) is 0.595. The van der Waals surface area contributed by atoms with E-state index in [2.05, 4.69) is 47.7 Å². The fourth-order valence-corrected chi connectivity index (χ4v) is 3.05. The van der Waals surface area contributed by atoms with E-state index in [-0.39, 0.29) is 5.91 Å². The molecule has 0 fully saturated rings. The molecular weight excluding hydrogens is 366 g/mol. The van der Waals surface area contributed by atoms with Crippen molar-refractivity contribution in [3.05, 3.63) is 71.4 Å². The van der Waals surface area contributed by atoms with Crippen LogP contribution in [0.5, 0.6) is 11.5 Å². The third-order valence-electron chi connectivity index (χ3n) is 4.66. The number of hydrogen-bond donors (Lipinski definition) is 2. The lowest BCUT2D eigenvalue weighted by molar-refractivity contribution is 0.102. The molecule has 1 amide bonds. The van der Waals surface area contributed by atoms with Gasteiger partial charge in [0.1, 0.15) is 5.82 Å². The summed E-state index contributed by atoms with van der Waals surface area (Å²) in [7, 11) is 3.09. The number of methoxy groups -OCH3 is 2. The lowest BCUT2D eigenvalue weighted by atomic mass is 10.1. The average Bonchev–Trinajstić information content (AvgIpc) is 2.75. The van der Waals surface area contributed by atoms with Gasteiger partial charge >= 0.3 is 0 Å². The Labute approximate surface area is 170 Å². The largest absolute Gasteiger partial charge is 0.493 e. The number of hydrogen-bond acceptors (Lipinski definition) is 5. The molecule has 0 spiro atoms. The Bertz CT molecular complexity index is 1000. The van der Waals surface area contributed by atoms with Crippen molar-refractivity contribution >= 4 is 23.1 Å². The predicted octanol–water partition coefficient (Wildman–Crippen LogP) is 4.97. The Morgan fingerprint density at radius 1 is 1.03 bits per heavy atom. The van der Waals surface area contributed by atoms with Gasteiger partial charge in [0.05, 0.1) is 26.1 Å². The van der Waals surface area contributed by atoms with Crippen LogP contribution in [-0.2, 0) is 6.42 Å². The van der Waals surface area contributed by atoms with E-state index in [0.717, 1.165) is 23.5 Å².